The smallest absolute Gasteiger partial charge is 0.145 e. The van der Waals surface area contributed by atoms with Crippen LogP contribution in [-0.4, -0.2) is 14.2 Å². The fourth-order valence-corrected chi connectivity index (χ4v) is 3.97. The summed E-state index contributed by atoms with van der Waals surface area (Å²) < 4.78 is 24.5. The van der Waals surface area contributed by atoms with Crippen molar-refractivity contribution in [1.82, 2.24) is 0 Å². The maximum Gasteiger partial charge on any atom is 0.145 e. The molecule has 0 fully saturated rings. The summed E-state index contributed by atoms with van der Waals surface area (Å²) in [6, 6.07) is 8.16. The number of hydrogen-bond donors (Lipinski definition) is 0. The highest BCUT2D eigenvalue weighted by Crippen LogP contribution is 2.45. The summed E-state index contributed by atoms with van der Waals surface area (Å²) in [6.07, 6.45) is 0. The van der Waals surface area contributed by atoms with Gasteiger partial charge in [-0.2, -0.15) is 0 Å². The molecule has 6 heteroatoms. The third kappa shape index (κ3) is 3.35. The fraction of sp³-hybridized carbons (Fsp3) is 0.200. The standard InChI is InChI=1S/C15H12Br2ClFO2/c1-20-12-6-5-10(15(21-2)14(12)18)13(17)9-4-3-8(19)7-11(9)16/h3-7,13H,1-2H3. The quantitative estimate of drug-likeness (QED) is 0.567. The molecule has 2 aromatic rings. The number of rotatable bonds is 4. The van der Waals surface area contributed by atoms with Gasteiger partial charge in [-0.3, -0.25) is 0 Å². The van der Waals surface area contributed by atoms with Crippen LogP contribution in [0.1, 0.15) is 16.0 Å². The third-order valence-electron chi connectivity index (χ3n) is 3.02. The number of hydrogen-bond acceptors (Lipinski definition) is 2. The molecule has 2 rings (SSSR count). The van der Waals surface area contributed by atoms with Crippen molar-refractivity contribution in [3.8, 4) is 11.5 Å². The van der Waals surface area contributed by atoms with Gasteiger partial charge in [0.15, 0.2) is 0 Å². The Kier molecular flexibility index (Phi) is 5.52. The zero-order chi connectivity index (χ0) is 15.6. The minimum atomic E-state index is -0.301. The van der Waals surface area contributed by atoms with E-state index in [9.17, 15) is 4.39 Å². The second-order valence-electron chi connectivity index (χ2n) is 4.23. The summed E-state index contributed by atoms with van der Waals surface area (Å²) >= 11 is 13.2. The normalized spacial score (nSPS) is 12.1. The zero-order valence-electron chi connectivity index (χ0n) is 11.3. The number of methoxy groups -OCH3 is 2. The van der Waals surface area contributed by atoms with Crippen molar-refractivity contribution in [3.63, 3.8) is 0 Å². The van der Waals surface area contributed by atoms with Gasteiger partial charge in [0, 0.05) is 10.0 Å². The van der Waals surface area contributed by atoms with E-state index < -0.39 is 0 Å². The van der Waals surface area contributed by atoms with Crippen molar-refractivity contribution in [2.45, 2.75) is 4.83 Å². The first-order chi connectivity index (χ1) is 9.99. The first-order valence-corrected chi connectivity index (χ1v) is 8.07. The van der Waals surface area contributed by atoms with Crippen LogP contribution in [-0.2, 0) is 0 Å². The molecule has 0 radical (unpaired) electrons. The Morgan fingerprint density at radius 2 is 1.76 bits per heavy atom. The molecule has 0 aliphatic rings. The van der Waals surface area contributed by atoms with Crippen molar-refractivity contribution >= 4 is 43.5 Å². The van der Waals surface area contributed by atoms with Crippen LogP contribution in [0.4, 0.5) is 4.39 Å². The topological polar surface area (TPSA) is 18.5 Å². The summed E-state index contributed by atoms with van der Waals surface area (Å²) in [5.74, 6) is 0.759. The Morgan fingerprint density at radius 1 is 1.10 bits per heavy atom. The van der Waals surface area contributed by atoms with Crippen molar-refractivity contribution in [2.75, 3.05) is 14.2 Å². The van der Waals surface area contributed by atoms with Crippen molar-refractivity contribution in [1.29, 1.82) is 0 Å². The van der Waals surface area contributed by atoms with Crippen LogP contribution in [0.25, 0.3) is 0 Å². The van der Waals surface area contributed by atoms with Crippen LogP contribution >= 0.6 is 43.5 Å². The monoisotopic (exact) mass is 436 g/mol. The lowest BCUT2D eigenvalue weighted by Gasteiger charge is -2.18. The van der Waals surface area contributed by atoms with Crippen molar-refractivity contribution in [3.05, 3.63) is 56.8 Å². The lowest BCUT2D eigenvalue weighted by molar-refractivity contribution is 0.392. The van der Waals surface area contributed by atoms with Crippen LogP contribution in [0.5, 0.6) is 11.5 Å². The minimum Gasteiger partial charge on any atom is -0.495 e. The lowest BCUT2D eigenvalue weighted by atomic mass is 10.0. The maximum absolute atomic E-state index is 13.2. The van der Waals surface area contributed by atoms with Crippen LogP contribution in [0, 0.1) is 5.82 Å². The fourth-order valence-electron chi connectivity index (χ4n) is 1.99. The van der Waals surface area contributed by atoms with E-state index in [0.29, 0.717) is 21.0 Å². The van der Waals surface area contributed by atoms with Gasteiger partial charge in [-0.15, -0.1) is 0 Å². The Labute approximate surface area is 144 Å². The number of halogens is 4. The highest BCUT2D eigenvalue weighted by atomic mass is 79.9. The molecule has 0 bridgehead atoms. The second-order valence-corrected chi connectivity index (χ2v) is 6.38. The highest BCUT2D eigenvalue weighted by Gasteiger charge is 2.21. The molecule has 0 saturated heterocycles. The Morgan fingerprint density at radius 3 is 2.33 bits per heavy atom. The first kappa shape index (κ1) is 16.6. The van der Waals surface area contributed by atoms with Gasteiger partial charge >= 0.3 is 0 Å². The Hall–Kier alpha value is -0.780. The van der Waals surface area contributed by atoms with E-state index >= 15 is 0 Å². The van der Waals surface area contributed by atoms with Crippen molar-refractivity contribution < 1.29 is 13.9 Å². The molecule has 2 nitrogen and oxygen atoms in total. The molecular weight excluding hydrogens is 426 g/mol. The largest absolute Gasteiger partial charge is 0.495 e. The Balaban J connectivity index is 2.52. The SMILES string of the molecule is COc1ccc(C(Br)c2ccc(F)cc2Br)c(OC)c1Cl. The number of alkyl halides is 1. The van der Waals surface area contributed by atoms with Gasteiger partial charge in [-0.05, 0) is 23.8 Å². The van der Waals surface area contributed by atoms with E-state index in [1.54, 1.807) is 26.4 Å². The molecule has 0 aliphatic heterocycles. The zero-order valence-corrected chi connectivity index (χ0v) is 15.2. The van der Waals surface area contributed by atoms with Crippen LogP contribution in [0.2, 0.25) is 5.02 Å². The summed E-state index contributed by atoms with van der Waals surface area (Å²) in [7, 11) is 3.09. The third-order valence-corrected chi connectivity index (χ3v) is 5.06. The molecular formula is C15H12Br2ClFO2. The van der Waals surface area contributed by atoms with Crippen LogP contribution in [0.15, 0.2) is 34.8 Å². The highest BCUT2D eigenvalue weighted by molar-refractivity contribution is 9.11. The van der Waals surface area contributed by atoms with E-state index in [-0.39, 0.29) is 10.6 Å². The van der Waals surface area contributed by atoms with E-state index in [1.165, 1.54) is 12.1 Å². The molecule has 0 aromatic heterocycles. The second kappa shape index (κ2) is 6.99. The average molecular weight is 439 g/mol. The minimum absolute atomic E-state index is 0.203. The van der Waals surface area contributed by atoms with Gasteiger partial charge in [0.2, 0.25) is 0 Å². The van der Waals surface area contributed by atoms with Gasteiger partial charge in [0.25, 0.3) is 0 Å². The predicted molar refractivity (Wildman–Crippen MR) is 89.4 cm³/mol. The average Bonchev–Trinajstić information content (AvgIpc) is 2.46. The molecule has 1 atom stereocenters. The number of ether oxygens (including phenoxy) is 2. The van der Waals surface area contributed by atoms with E-state index in [2.05, 4.69) is 31.9 Å². The van der Waals surface area contributed by atoms with Gasteiger partial charge in [0.05, 0.1) is 19.0 Å². The van der Waals surface area contributed by atoms with Crippen molar-refractivity contribution in [2.24, 2.45) is 0 Å². The molecule has 0 amide bonds. The van der Waals surface area contributed by atoms with Gasteiger partial charge in [0.1, 0.15) is 22.3 Å². The molecule has 1 unspecified atom stereocenters. The summed E-state index contributed by atoms with van der Waals surface area (Å²) in [4.78, 5) is -0.203. The summed E-state index contributed by atoms with van der Waals surface area (Å²) in [6.45, 7) is 0. The lowest BCUT2D eigenvalue weighted by Crippen LogP contribution is -2.00. The Bertz CT molecular complexity index is 664. The molecule has 2 aromatic carbocycles. The summed E-state index contributed by atoms with van der Waals surface area (Å²) in [5.41, 5.74) is 1.70. The summed E-state index contributed by atoms with van der Waals surface area (Å²) in [5, 5.41) is 0.403. The molecule has 0 aliphatic carbocycles. The maximum atomic E-state index is 13.2. The number of benzene rings is 2. The van der Waals surface area contributed by atoms with Gasteiger partial charge in [-0.1, -0.05) is 55.6 Å². The first-order valence-electron chi connectivity index (χ1n) is 5.99. The van der Waals surface area contributed by atoms with Crippen LogP contribution < -0.4 is 9.47 Å². The van der Waals surface area contributed by atoms with E-state index in [1.807, 2.05) is 6.07 Å². The van der Waals surface area contributed by atoms with E-state index in [0.717, 1.165) is 11.1 Å². The van der Waals surface area contributed by atoms with Gasteiger partial charge < -0.3 is 9.47 Å². The van der Waals surface area contributed by atoms with Gasteiger partial charge in [-0.25, -0.2) is 4.39 Å². The molecule has 0 N–H and O–H groups in total. The van der Waals surface area contributed by atoms with Crippen LogP contribution in [0.3, 0.4) is 0 Å². The molecule has 21 heavy (non-hydrogen) atoms. The molecule has 0 saturated carbocycles. The molecule has 112 valence electrons. The molecule has 0 heterocycles. The molecule has 0 spiro atoms. The van der Waals surface area contributed by atoms with E-state index in [4.69, 9.17) is 21.1 Å². The predicted octanol–water partition coefficient (Wildman–Crippen LogP) is 5.74.